The minimum absolute atomic E-state index is 1.05. The summed E-state index contributed by atoms with van der Waals surface area (Å²) in [6, 6.07) is 42.0. The fourth-order valence-electron chi connectivity index (χ4n) is 4.12. The standard InChI is InChI=1S/C26H24BrP/c27-26-19-11-10-12-22(26)20-21-28(23-13-4-1-5-14-23,24-15-6-2-7-16-24)25-17-8-3-9-18-25/h1-19,28H,20-21H2. The van der Waals surface area contributed by atoms with Gasteiger partial charge in [-0.05, 0) is 0 Å². The van der Waals surface area contributed by atoms with Gasteiger partial charge in [0.1, 0.15) is 0 Å². The van der Waals surface area contributed by atoms with Crippen molar-refractivity contribution in [3.05, 3.63) is 125 Å². The Kier molecular flexibility index (Phi) is 6.05. The van der Waals surface area contributed by atoms with E-state index in [9.17, 15) is 0 Å². The Balaban J connectivity index is 1.89. The molecule has 0 aliphatic rings. The van der Waals surface area contributed by atoms with E-state index in [4.69, 9.17) is 0 Å². The third-order valence-electron chi connectivity index (χ3n) is 5.53. The number of benzene rings is 4. The van der Waals surface area contributed by atoms with Crippen LogP contribution in [-0.2, 0) is 6.42 Å². The van der Waals surface area contributed by atoms with Crippen LogP contribution >= 0.6 is 23.2 Å². The van der Waals surface area contributed by atoms with Crippen LogP contribution in [0.25, 0.3) is 0 Å². The Labute approximate surface area is 176 Å². The summed E-state index contributed by atoms with van der Waals surface area (Å²) in [7, 11) is -2.15. The monoisotopic (exact) mass is 446 g/mol. The van der Waals surface area contributed by atoms with E-state index in [0.29, 0.717) is 0 Å². The van der Waals surface area contributed by atoms with E-state index in [1.807, 2.05) is 0 Å². The summed E-state index contributed by atoms with van der Waals surface area (Å²) in [5, 5.41) is 4.42. The molecule has 4 rings (SSSR count). The predicted octanol–water partition coefficient (Wildman–Crippen LogP) is 5.72. The zero-order valence-corrected chi connectivity index (χ0v) is 18.3. The average molecular weight is 447 g/mol. The first-order valence-electron chi connectivity index (χ1n) is 9.71. The minimum atomic E-state index is -2.15. The molecule has 0 radical (unpaired) electrons. The van der Waals surface area contributed by atoms with Gasteiger partial charge < -0.3 is 0 Å². The topological polar surface area (TPSA) is 0 Å². The van der Waals surface area contributed by atoms with Gasteiger partial charge in [-0.2, -0.15) is 0 Å². The number of halogens is 1. The fourth-order valence-corrected chi connectivity index (χ4v) is 9.40. The molecule has 0 aliphatic heterocycles. The molecule has 2 heteroatoms. The summed E-state index contributed by atoms with van der Waals surface area (Å²) >= 11 is 3.75. The molecule has 140 valence electrons. The Morgan fingerprint density at radius 2 is 0.893 bits per heavy atom. The summed E-state index contributed by atoms with van der Waals surface area (Å²) in [5.41, 5.74) is 1.38. The van der Waals surface area contributed by atoms with Crippen molar-refractivity contribution >= 4 is 39.1 Å². The summed E-state index contributed by atoms with van der Waals surface area (Å²) in [6.07, 6.45) is 2.18. The van der Waals surface area contributed by atoms with Crippen LogP contribution in [0.4, 0.5) is 0 Å². The summed E-state index contributed by atoms with van der Waals surface area (Å²) in [6.45, 7) is 0. The molecule has 0 fully saturated rings. The normalized spacial score (nSPS) is 11.9. The van der Waals surface area contributed by atoms with Gasteiger partial charge in [-0.25, -0.2) is 0 Å². The molecule has 0 spiro atoms. The molecule has 0 N–H and O–H groups in total. The maximum absolute atomic E-state index is 3.75. The zero-order valence-electron chi connectivity index (χ0n) is 15.8. The van der Waals surface area contributed by atoms with Crippen LogP contribution in [0.5, 0.6) is 0 Å². The van der Waals surface area contributed by atoms with Gasteiger partial charge in [-0.3, -0.25) is 0 Å². The van der Waals surface area contributed by atoms with Crippen molar-refractivity contribution in [2.75, 3.05) is 6.16 Å². The van der Waals surface area contributed by atoms with Crippen LogP contribution in [0, 0.1) is 0 Å². The Morgan fingerprint density at radius 3 is 1.32 bits per heavy atom. The molecule has 0 unspecified atom stereocenters. The molecule has 0 aliphatic carbocycles. The van der Waals surface area contributed by atoms with Crippen LogP contribution in [0.3, 0.4) is 0 Å². The Morgan fingerprint density at radius 1 is 0.500 bits per heavy atom. The van der Waals surface area contributed by atoms with Crippen LogP contribution < -0.4 is 15.9 Å². The van der Waals surface area contributed by atoms with Crippen LogP contribution in [0.2, 0.25) is 0 Å². The van der Waals surface area contributed by atoms with Gasteiger partial charge >= 0.3 is 177 Å². The second kappa shape index (κ2) is 8.86. The second-order valence-electron chi connectivity index (χ2n) is 7.09. The van der Waals surface area contributed by atoms with Gasteiger partial charge in [-0.15, -0.1) is 0 Å². The van der Waals surface area contributed by atoms with Crippen molar-refractivity contribution in [2.24, 2.45) is 0 Å². The molecule has 0 saturated heterocycles. The van der Waals surface area contributed by atoms with E-state index < -0.39 is 7.26 Å². The molecular weight excluding hydrogens is 423 g/mol. The second-order valence-corrected chi connectivity index (χ2v) is 12.0. The SMILES string of the molecule is Brc1ccccc1CC[PH](c1ccccc1)(c1ccccc1)c1ccccc1. The third kappa shape index (κ3) is 3.83. The molecule has 4 aromatic rings. The molecule has 0 nitrogen and oxygen atoms in total. The van der Waals surface area contributed by atoms with Crippen LogP contribution in [0.1, 0.15) is 5.56 Å². The van der Waals surface area contributed by atoms with Crippen LogP contribution in [0.15, 0.2) is 120 Å². The third-order valence-corrected chi connectivity index (χ3v) is 11.3. The first-order valence-corrected chi connectivity index (χ1v) is 12.7. The van der Waals surface area contributed by atoms with Crippen LogP contribution in [-0.4, -0.2) is 6.16 Å². The molecular formula is C26H24BrP. The van der Waals surface area contributed by atoms with Gasteiger partial charge in [0.05, 0.1) is 0 Å². The van der Waals surface area contributed by atoms with E-state index in [1.165, 1.54) is 25.9 Å². The molecule has 0 bridgehead atoms. The van der Waals surface area contributed by atoms with E-state index in [2.05, 4.69) is 131 Å². The van der Waals surface area contributed by atoms with Crippen molar-refractivity contribution in [3.63, 3.8) is 0 Å². The quantitative estimate of drug-likeness (QED) is 0.332. The average Bonchev–Trinajstić information content (AvgIpc) is 2.78. The number of rotatable bonds is 6. The van der Waals surface area contributed by atoms with Gasteiger partial charge in [0.15, 0.2) is 0 Å². The van der Waals surface area contributed by atoms with E-state index in [-0.39, 0.29) is 0 Å². The van der Waals surface area contributed by atoms with Gasteiger partial charge in [0.2, 0.25) is 0 Å². The van der Waals surface area contributed by atoms with Crippen molar-refractivity contribution in [1.29, 1.82) is 0 Å². The Bertz CT molecular complexity index is 917. The van der Waals surface area contributed by atoms with Gasteiger partial charge in [0, 0.05) is 0 Å². The van der Waals surface area contributed by atoms with Crippen molar-refractivity contribution in [2.45, 2.75) is 6.42 Å². The summed E-state index contributed by atoms with van der Waals surface area (Å²) in [5.74, 6) is 0. The van der Waals surface area contributed by atoms with Crippen molar-refractivity contribution in [1.82, 2.24) is 0 Å². The maximum atomic E-state index is 3.75. The van der Waals surface area contributed by atoms with Gasteiger partial charge in [0.25, 0.3) is 0 Å². The predicted molar refractivity (Wildman–Crippen MR) is 129 cm³/mol. The molecule has 0 aromatic heterocycles. The first kappa shape index (κ1) is 19.1. The molecule has 0 heterocycles. The Hall–Kier alpha value is -2.21. The zero-order chi connectivity index (χ0) is 19.2. The van der Waals surface area contributed by atoms with E-state index >= 15 is 0 Å². The molecule has 4 aromatic carbocycles. The van der Waals surface area contributed by atoms with Gasteiger partial charge in [-0.1, -0.05) is 0 Å². The molecule has 0 amide bonds. The van der Waals surface area contributed by atoms with Crippen molar-refractivity contribution < 1.29 is 0 Å². The molecule has 0 saturated carbocycles. The summed E-state index contributed by atoms with van der Waals surface area (Å²) in [4.78, 5) is 0. The van der Waals surface area contributed by atoms with E-state index in [0.717, 1.165) is 12.6 Å². The number of hydrogen-bond donors (Lipinski definition) is 0. The van der Waals surface area contributed by atoms with E-state index in [1.54, 1.807) is 0 Å². The van der Waals surface area contributed by atoms with Crippen molar-refractivity contribution in [3.8, 4) is 0 Å². The first-order chi connectivity index (χ1) is 13.8. The number of hydrogen-bond acceptors (Lipinski definition) is 0. The molecule has 28 heavy (non-hydrogen) atoms. The summed E-state index contributed by atoms with van der Waals surface area (Å²) < 4.78 is 1.20. The fraction of sp³-hybridized carbons (Fsp3) is 0.0769. The number of aryl methyl sites for hydroxylation is 1. The molecule has 0 atom stereocenters.